The molecule has 4 nitrogen and oxygen atoms in total. The summed E-state index contributed by atoms with van der Waals surface area (Å²) in [5.41, 5.74) is -0.640. The van der Waals surface area contributed by atoms with Crippen LogP contribution in [0.15, 0.2) is 18.2 Å². The van der Waals surface area contributed by atoms with Crippen LogP contribution < -0.4 is 4.90 Å². The van der Waals surface area contributed by atoms with E-state index in [-0.39, 0.29) is 23.7 Å². The smallest absolute Gasteiger partial charge is 0.392 e. The lowest BCUT2D eigenvalue weighted by Crippen LogP contribution is -2.49. The number of hydrogen-bond acceptors (Lipinski definition) is 3. The van der Waals surface area contributed by atoms with Crippen molar-refractivity contribution >= 4 is 11.6 Å². The van der Waals surface area contributed by atoms with Crippen LogP contribution in [0.1, 0.15) is 11.1 Å². The Morgan fingerprint density at radius 3 is 2.55 bits per heavy atom. The molecule has 1 aromatic rings. The topological polar surface area (TPSA) is 43.8 Å². The lowest BCUT2D eigenvalue weighted by Gasteiger charge is -2.35. The largest absolute Gasteiger partial charge is 0.418 e. The first kappa shape index (κ1) is 14.6. The van der Waals surface area contributed by atoms with Gasteiger partial charge in [-0.15, -0.1) is 0 Å². The van der Waals surface area contributed by atoms with Crippen molar-refractivity contribution in [2.24, 2.45) is 0 Å². The standard InChI is InChI=1S/C13H15F3N2O2/c1-17-4-5-18(7-12(17)20)11-3-2-9(8-19)6-10(11)13(14,15)16/h2-3,6,19H,4-5,7-8H2,1H3. The molecule has 1 aliphatic heterocycles. The number of alkyl halides is 3. The molecule has 1 heterocycles. The van der Waals surface area contributed by atoms with E-state index in [0.29, 0.717) is 13.1 Å². The maximum Gasteiger partial charge on any atom is 0.418 e. The van der Waals surface area contributed by atoms with Gasteiger partial charge in [0.1, 0.15) is 0 Å². The van der Waals surface area contributed by atoms with E-state index in [0.717, 1.165) is 6.07 Å². The maximum absolute atomic E-state index is 13.1. The quantitative estimate of drug-likeness (QED) is 0.896. The monoisotopic (exact) mass is 288 g/mol. The Morgan fingerprint density at radius 1 is 1.30 bits per heavy atom. The van der Waals surface area contributed by atoms with Crippen molar-refractivity contribution in [2.45, 2.75) is 12.8 Å². The average Bonchev–Trinajstić information content (AvgIpc) is 2.40. The van der Waals surface area contributed by atoms with E-state index in [4.69, 9.17) is 5.11 Å². The number of hydrogen-bond donors (Lipinski definition) is 1. The molecule has 2 rings (SSSR count). The van der Waals surface area contributed by atoms with Crippen LogP contribution in [0.4, 0.5) is 18.9 Å². The SMILES string of the molecule is CN1CCN(c2ccc(CO)cc2C(F)(F)F)CC1=O. The number of nitrogens with zero attached hydrogens (tertiary/aromatic N) is 2. The second-order valence-corrected chi connectivity index (χ2v) is 4.74. The van der Waals surface area contributed by atoms with E-state index in [1.54, 1.807) is 7.05 Å². The molecule has 0 saturated carbocycles. The minimum absolute atomic E-state index is 0.0175. The summed E-state index contributed by atoms with van der Waals surface area (Å²) < 4.78 is 39.3. The predicted octanol–water partition coefficient (Wildman–Crippen LogP) is 1.48. The zero-order valence-corrected chi connectivity index (χ0v) is 10.9. The molecule has 0 atom stereocenters. The molecule has 1 amide bonds. The summed E-state index contributed by atoms with van der Waals surface area (Å²) in [4.78, 5) is 14.5. The van der Waals surface area contributed by atoms with Gasteiger partial charge in [-0.05, 0) is 17.7 Å². The number of amides is 1. The second-order valence-electron chi connectivity index (χ2n) is 4.74. The molecule has 1 saturated heterocycles. The van der Waals surface area contributed by atoms with Gasteiger partial charge in [0.25, 0.3) is 0 Å². The molecule has 20 heavy (non-hydrogen) atoms. The van der Waals surface area contributed by atoms with Crippen LogP contribution in [-0.4, -0.2) is 42.6 Å². The third-order valence-corrected chi connectivity index (χ3v) is 3.35. The third kappa shape index (κ3) is 2.87. The van der Waals surface area contributed by atoms with Gasteiger partial charge in [0.15, 0.2) is 0 Å². The van der Waals surface area contributed by atoms with Crippen molar-refractivity contribution in [3.05, 3.63) is 29.3 Å². The molecule has 1 aliphatic rings. The van der Waals surface area contributed by atoms with Crippen LogP contribution in [0.3, 0.4) is 0 Å². The molecule has 7 heteroatoms. The lowest BCUT2D eigenvalue weighted by molar-refractivity contribution is -0.137. The van der Waals surface area contributed by atoms with Crippen molar-refractivity contribution < 1.29 is 23.1 Å². The van der Waals surface area contributed by atoms with Crippen LogP contribution in [0.25, 0.3) is 0 Å². The number of piperazine rings is 1. The number of aliphatic hydroxyl groups is 1. The molecule has 0 bridgehead atoms. The first-order valence-corrected chi connectivity index (χ1v) is 6.13. The fourth-order valence-electron chi connectivity index (χ4n) is 2.15. The van der Waals surface area contributed by atoms with E-state index in [1.165, 1.54) is 21.9 Å². The van der Waals surface area contributed by atoms with Gasteiger partial charge in [-0.1, -0.05) is 6.07 Å². The Bertz CT molecular complexity index is 517. The number of aliphatic hydroxyl groups excluding tert-OH is 1. The van der Waals surface area contributed by atoms with Crippen molar-refractivity contribution in [1.82, 2.24) is 4.90 Å². The summed E-state index contributed by atoms with van der Waals surface area (Å²) in [5, 5.41) is 8.96. The van der Waals surface area contributed by atoms with Crippen molar-refractivity contribution in [3.63, 3.8) is 0 Å². The molecule has 1 N–H and O–H groups in total. The molecular weight excluding hydrogens is 273 g/mol. The van der Waals surface area contributed by atoms with Gasteiger partial charge >= 0.3 is 6.18 Å². The molecule has 0 radical (unpaired) electrons. The summed E-state index contributed by atoms with van der Waals surface area (Å²) in [6, 6.07) is 3.68. The van der Waals surface area contributed by atoms with Gasteiger partial charge in [0, 0.05) is 25.8 Å². The van der Waals surface area contributed by atoms with E-state index >= 15 is 0 Å². The Balaban J connectivity index is 2.38. The molecule has 110 valence electrons. The predicted molar refractivity (Wildman–Crippen MR) is 67.2 cm³/mol. The minimum Gasteiger partial charge on any atom is -0.392 e. The Hall–Kier alpha value is -1.76. The number of carbonyl (C=O) groups is 1. The Morgan fingerprint density at radius 2 is 2.00 bits per heavy atom. The maximum atomic E-state index is 13.1. The highest BCUT2D eigenvalue weighted by Gasteiger charge is 2.36. The third-order valence-electron chi connectivity index (χ3n) is 3.35. The zero-order valence-electron chi connectivity index (χ0n) is 10.9. The van der Waals surface area contributed by atoms with Crippen LogP contribution in [-0.2, 0) is 17.6 Å². The minimum atomic E-state index is -4.52. The van der Waals surface area contributed by atoms with Gasteiger partial charge < -0.3 is 14.9 Å². The average molecular weight is 288 g/mol. The normalized spacial score (nSPS) is 16.8. The van der Waals surface area contributed by atoms with Gasteiger partial charge in [-0.2, -0.15) is 13.2 Å². The van der Waals surface area contributed by atoms with Crippen LogP contribution >= 0.6 is 0 Å². The van der Waals surface area contributed by atoms with Gasteiger partial charge in [-0.25, -0.2) is 0 Å². The molecule has 1 fully saturated rings. The molecule has 0 unspecified atom stereocenters. The second kappa shape index (κ2) is 5.32. The number of carbonyl (C=O) groups excluding carboxylic acids is 1. The van der Waals surface area contributed by atoms with Gasteiger partial charge in [0.05, 0.1) is 18.7 Å². The first-order chi connectivity index (χ1) is 9.32. The zero-order chi connectivity index (χ0) is 14.9. The van der Waals surface area contributed by atoms with Crippen molar-refractivity contribution in [3.8, 4) is 0 Å². The lowest BCUT2D eigenvalue weighted by atomic mass is 10.1. The van der Waals surface area contributed by atoms with Crippen LogP contribution in [0, 0.1) is 0 Å². The summed E-state index contributed by atoms with van der Waals surface area (Å²) in [6.45, 7) is 0.213. The van der Waals surface area contributed by atoms with E-state index in [9.17, 15) is 18.0 Å². The van der Waals surface area contributed by atoms with E-state index < -0.39 is 18.3 Å². The summed E-state index contributed by atoms with van der Waals surface area (Å²) >= 11 is 0. The molecule has 0 spiro atoms. The Labute approximate surface area is 114 Å². The number of anilines is 1. The summed E-state index contributed by atoms with van der Waals surface area (Å²) in [5.74, 6) is -0.212. The van der Waals surface area contributed by atoms with Gasteiger partial charge in [-0.3, -0.25) is 4.79 Å². The Kier molecular flexibility index (Phi) is 3.89. The number of halogens is 3. The number of rotatable bonds is 2. The van der Waals surface area contributed by atoms with E-state index in [2.05, 4.69) is 0 Å². The van der Waals surface area contributed by atoms with Crippen molar-refractivity contribution in [2.75, 3.05) is 31.6 Å². The molecular formula is C13H15F3N2O2. The van der Waals surface area contributed by atoms with E-state index in [1.807, 2.05) is 0 Å². The first-order valence-electron chi connectivity index (χ1n) is 6.13. The highest BCUT2D eigenvalue weighted by Crippen LogP contribution is 2.37. The van der Waals surface area contributed by atoms with Gasteiger partial charge in [0.2, 0.25) is 5.91 Å². The van der Waals surface area contributed by atoms with Crippen molar-refractivity contribution in [1.29, 1.82) is 0 Å². The molecule has 0 aromatic heterocycles. The van der Waals surface area contributed by atoms with Crippen LogP contribution in [0.5, 0.6) is 0 Å². The number of likely N-dealkylation sites (N-methyl/N-ethyl adjacent to an activating group) is 1. The van der Waals surface area contributed by atoms with Crippen LogP contribution in [0.2, 0.25) is 0 Å². The number of benzene rings is 1. The molecule has 1 aromatic carbocycles. The summed E-state index contributed by atoms with van der Waals surface area (Å²) in [6.07, 6.45) is -4.52. The summed E-state index contributed by atoms with van der Waals surface area (Å²) in [7, 11) is 1.62. The fraction of sp³-hybridized carbons (Fsp3) is 0.462. The highest BCUT2D eigenvalue weighted by molar-refractivity contribution is 5.83. The molecule has 0 aliphatic carbocycles. The fourth-order valence-corrected chi connectivity index (χ4v) is 2.15. The highest BCUT2D eigenvalue weighted by atomic mass is 19.4.